The number of amides is 1. The smallest absolute Gasteiger partial charge is 0.300 e. The molecule has 1 N–H and O–H groups in total. The first-order chi connectivity index (χ1) is 14.0. The third-order valence-corrected chi connectivity index (χ3v) is 4.92. The topological polar surface area (TPSA) is 70.5 Å². The zero-order valence-electron chi connectivity index (χ0n) is 14.9. The molecule has 0 bridgehead atoms. The summed E-state index contributed by atoms with van der Waals surface area (Å²) in [7, 11) is 0. The van der Waals surface area contributed by atoms with Gasteiger partial charge in [-0.2, -0.15) is 0 Å². The van der Waals surface area contributed by atoms with Gasteiger partial charge in [0.1, 0.15) is 11.6 Å². The molecule has 0 aliphatic carbocycles. The maximum Gasteiger partial charge on any atom is 0.300 e. The van der Waals surface area contributed by atoms with E-state index in [9.17, 15) is 19.1 Å². The van der Waals surface area contributed by atoms with E-state index in [0.29, 0.717) is 16.3 Å². The molecule has 1 amide bonds. The standard InChI is InChI=1S/C22H14ClFN2O3/c23-14-4-3-5-15(12-14)26-19(16-6-1-2-7-17(16)24)18(21(28)22(26)29)20(27)13-8-10-25-11-9-13/h1-12,19,27H/b20-18+. The lowest BCUT2D eigenvalue weighted by molar-refractivity contribution is -0.132. The highest BCUT2D eigenvalue weighted by molar-refractivity contribution is 6.51. The number of nitrogens with zero attached hydrogens (tertiary/aromatic N) is 2. The molecule has 7 heteroatoms. The Hall–Kier alpha value is -3.51. The fourth-order valence-corrected chi connectivity index (χ4v) is 3.57. The number of hydrogen-bond donors (Lipinski definition) is 1. The predicted molar refractivity (Wildman–Crippen MR) is 107 cm³/mol. The summed E-state index contributed by atoms with van der Waals surface area (Å²) in [5, 5.41) is 11.2. The molecule has 1 unspecified atom stereocenters. The largest absolute Gasteiger partial charge is 0.507 e. The number of aliphatic hydroxyl groups excluding tert-OH is 1. The van der Waals surface area contributed by atoms with Gasteiger partial charge in [0, 0.05) is 34.2 Å². The van der Waals surface area contributed by atoms with Crippen molar-refractivity contribution in [2.75, 3.05) is 4.90 Å². The van der Waals surface area contributed by atoms with Crippen LogP contribution < -0.4 is 4.90 Å². The first-order valence-electron chi connectivity index (χ1n) is 8.70. The molecule has 4 rings (SSSR count). The summed E-state index contributed by atoms with van der Waals surface area (Å²) < 4.78 is 14.7. The van der Waals surface area contributed by atoms with Crippen LogP contribution in [-0.2, 0) is 9.59 Å². The number of pyridine rings is 1. The van der Waals surface area contributed by atoms with Gasteiger partial charge in [-0.25, -0.2) is 4.39 Å². The van der Waals surface area contributed by atoms with Crippen molar-refractivity contribution in [1.29, 1.82) is 0 Å². The lowest BCUT2D eigenvalue weighted by atomic mass is 9.95. The molecule has 144 valence electrons. The Labute approximate surface area is 170 Å². The molecule has 1 atom stereocenters. The maximum absolute atomic E-state index is 14.7. The molecule has 29 heavy (non-hydrogen) atoms. The Balaban J connectivity index is 1.99. The van der Waals surface area contributed by atoms with Gasteiger partial charge in [0.05, 0.1) is 11.6 Å². The van der Waals surface area contributed by atoms with Crippen molar-refractivity contribution in [1.82, 2.24) is 4.98 Å². The van der Waals surface area contributed by atoms with Gasteiger partial charge in [-0.15, -0.1) is 0 Å². The van der Waals surface area contributed by atoms with Gasteiger partial charge in [-0.3, -0.25) is 19.5 Å². The zero-order valence-corrected chi connectivity index (χ0v) is 15.7. The monoisotopic (exact) mass is 408 g/mol. The minimum Gasteiger partial charge on any atom is -0.507 e. The van der Waals surface area contributed by atoms with Crippen LogP contribution in [-0.4, -0.2) is 21.8 Å². The van der Waals surface area contributed by atoms with E-state index < -0.39 is 29.3 Å². The van der Waals surface area contributed by atoms with Crippen LogP contribution in [0.4, 0.5) is 10.1 Å². The number of carbonyl (C=O) groups excluding carboxylic acids is 2. The normalized spacial score (nSPS) is 18.3. The number of halogens is 2. The zero-order chi connectivity index (χ0) is 20.5. The van der Waals surface area contributed by atoms with E-state index in [0.717, 1.165) is 4.90 Å². The van der Waals surface area contributed by atoms with Crippen molar-refractivity contribution in [3.8, 4) is 0 Å². The van der Waals surface area contributed by atoms with Gasteiger partial charge in [0.2, 0.25) is 0 Å². The first kappa shape index (κ1) is 18.8. The van der Waals surface area contributed by atoms with Crippen LogP contribution in [0.5, 0.6) is 0 Å². The van der Waals surface area contributed by atoms with Crippen molar-refractivity contribution < 1.29 is 19.1 Å². The van der Waals surface area contributed by atoms with E-state index >= 15 is 0 Å². The highest BCUT2D eigenvalue weighted by atomic mass is 35.5. The van der Waals surface area contributed by atoms with E-state index in [4.69, 9.17) is 11.6 Å². The molecular weight excluding hydrogens is 395 g/mol. The fourth-order valence-electron chi connectivity index (χ4n) is 3.38. The van der Waals surface area contributed by atoms with Crippen LogP contribution >= 0.6 is 11.6 Å². The van der Waals surface area contributed by atoms with Crippen molar-refractivity contribution in [3.63, 3.8) is 0 Å². The summed E-state index contributed by atoms with van der Waals surface area (Å²) in [5.41, 5.74) is 0.501. The van der Waals surface area contributed by atoms with Gasteiger partial charge < -0.3 is 5.11 Å². The molecular formula is C22H14ClFN2O3. The molecule has 2 aromatic carbocycles. The third-order valence-electron chi connectivity index (χ3n) is 4.68. The Morgan fingerprint density at radius 3 is 2.45 bits per heavy atom. The maximum atomic E-state index is 14.7. The van der Waals surface area contributed by atoms with Crippen molar-refractivity contribution in [2.45, 2.75) is 6.04 Å². The average molecular weight is 409 g/mol. The van der Waals surface area contributed by atoms with Crippen LogP contribution in [0.3, 0.4) is 0 Å². The average Bonchev–Trinajstić information content (AvgIpc) is 2.99. The summed E-state index contributed by atoms with van der Waals surface area (Å²) in [6.45, 7) is 0. The molecule has 2 heterocycles. The van der Waals surface area contributed by atoms with Crippen molar-refractivity contribution >= 4 is 34.7 Å². The Kier molecular flexibility index (Phi) is 4.86. The second-order valence-electron chi connectivity index (χ2n) is 6.41. The number of hydrogen-bond acceptors (Lipinski definition) is 4. The Morgan fingerprint density at radius 1 is 1.03 bits per heavy atom. The van der Waals surface area contributed by atoms with Crippen molar-refractivity contribution in [2.24, 2.45) is 0 Å². The minimum absolute atomic E-state index is 0.0854. The van der Waals surface area contributed by atoms with Crippen LogP contribution in [0.25, 0.3) is 5.76 Å². The van der Waals surface area contributed by atoms with E-state index in [1.807, 2.05) is 0 Å². The molecule has 0 radical (unpaired) electrons. The summed E-state index contributed by atoms with van der Waals surface area (Å²) in [5.74, 6) is -2.79. The number of aromatic nitrogens is 1. The van der Waals surface area contributed by atoms with Crippen molar-refractivity contribution in [3.05, 3.63) is 101 Å². The summed E-state index contributed by atoms with van der Waals surface area (Å²) in [6.07, 6.45) is 2.89. The number of benzene rings is 2. The third kappa shape index (κ3) is 3.28. The van der Waals surface area contributed by atoms with E-state index in [1.165, 1.54) is 48.8 Å². The number of ketones is 1. The van der Waals surface area contributed by atoms with Crippen LogP contribution in [0.2, 0.25) is 5.02 Å². The van der Waals surface area contributed by atoms with Crippen LogP contribution in [0.1, 0.15) is 17.2 Å². The van der Waals surface area contributed by atoms with Gasteiger partial charge >= 0.3 is 0 Å². The Morgan fingerprint density at radius 2 is 1.76 bits per heavy atom. The minimum atomic E-state index is -1.15. The fraction of sp³-hybridized carbons (Fsp3) is 0.0455. The molecule has 0 saturated carbocycles. The number of anilines is 1. The highest BCUT2D eigenvalue weighted by Gasteiger charge is 2.47. The molecule has 1 aromatic heterocycles. The van der Waals surface area contributed by atoms with Gasteiger partial charge in [-0.1, -0.05) is 35.9 Å². The second-order valence-corrected chi connectivity index (χ2v) is 6.84. The van der Waals surface area contributed by atoms with E-state index in [2.05, 4.69) is 4.98 Å². The Bertz CT molecular complexity index is 1150. The molecule has 3 aromatic rings. The molecule has 1 fully saturated rings. The lowest BCUT2D eigenvalue weighted by Crippen LogP contribution is -2.29. The number of Topliss-reactive ketones (excluding diaryl/α,β-unsaturated/α-hetero) is 1. The quantitative estimate of drug-likeness (QED) is 0.393. The number of aliphatic hydroxyl groups is 1. The van der Waals surface area contributed by atoms with E-state index in [1.54, 1.807) is 24.3 Å². The van der Waals surface area contributed by atoms with E-state index in [-0.39, 0.29) is 11.1 Å². The molecule has 5 nitrogen and oxygen atoms in total. The molecule has 1 aliphatic heterocycles. The molecule has 1 aliphatic rings. The van der Waals surface area contributed by atoms with Gasteiger partial charge in [0.15, 0.2) is 0 Å². The first-order valence-corrected chi connectivity index (χ1v) is 9.08. The lowest BCUT2D eigenvalue weighted by Gasteiger charge is -2.25. The number of carbonyl (C=O) groups is 2. The van der Waals surface area contributed by atoms with Gasteiger partial charge in [-0.05, 0) is 36.4 Å². The van der Waals surface area contributed by atoms with Crippen LogP contribution in [0, 0.1) is 5.82 Å². The summed E-state index contributed by atoms with van der Waals surface area (Å²) in [4.78, 5) is 30.8. The SMILES string of the molecule is O=C1C(=O)N(c2cccc(Cl)c2)C(c2ccccc2F)/C1=C(\O)c1ccncc1. The van der Waals surface area contributed by atoms with Gasteiger partial charge in [0.25, 0.3) is 11.7 Å². The predicted octanol–water partition coefficient (Wildman–Crippen LogP) is 4.50. The molecule has 1 saturated heterocycles. The molecule has 0 spiro atoms. The highest BCUT2D eigenvalue weighted by Crippen LogP contribution is 2.43. The van der Waals surface area contributed by atoms with Crippen LogP contribution in [0.15, 0.2) is 78.6 Å². The summed E-state index contributed by atoms with van der Waals surface area (Å²) in [6, 6.07) is 14.0. The summed E-state index contributed by atoms with van der Waals surface area (Å²) >= 11 is 6.06. The number of rotatable bonds is 3. The second kappa shape index (κ2) is 7.48.